The summed E-state index contributed by atoms with van der Waals surface area (Å²) >= 11 is 0. The summed E-state index contributed by atoms with van der Waals surface area (Å²) in [5.74, 6) is -1.11. The maximum atomic E-state index is 13.8. The summed E-state index contributed by atoms with van der Waals surface area (Å²) in [5.41, 5.74) is -0.626. The molecule has 0 spiro atoms. The van der Waals surface area contributed by atoms with Gasteiger partial charge in [-0.25, -0.2) is 0 Å². The predicted molar refractivity (Wildman–Crippen MR) is 83.7 cm³/mol. The molecule has 0 atom stereocenters. The summed E-state index contributed by atoms with van der Waals surface area (Å²) in [6.07, 6.45) is 2.96. The van der Waals surface area contributed by atoms with Crippen molar-refractivity contribution in [3.8, 4) is 6.07 Å². The first-order valence-corrected chi connectivity index (χ1v) is 7.66. The number of benzene rings is 1. The van der Waals surface area contributed by atoms with E-state index in [2.05, 4.69) is 5.32 Å². The molecule has 0 aromatic heterocycles. The van der Waals surface area contributed by atoms with Crippen molar-refractivity contribution < 1.29 is 18.8 Å². The van der Waals surface area contributed by atoms with Gasteiger partial charge in [-0.1, -0.05) is 0 Å². The first kappa shape index (κ1) is 17.7. The molecule has 1 aromatic rings. The van der Waals surface area contributed by atoms with Crippen LogP contribution in [0.15, 0.2) is 12.1 Å². The van der Waals surface area contributed by atoms with Crippen molar-refractivity contribution in [2.75, 3.05) is 19.0 Å². The Morgan fingerprint density at radius 2 is 2.12 bits per heavy atom. The number of anilines is 1. The number of methoxy groups -OCH3 is 1. The number of esters is 1. The van der Waals surface area contributed by atoms with E-state index in [1.54, 1.807) is 6.07 Å². The van der Waals surface area contributed by atoms with Crippen LogP contribution < -0.4 is 5.32 Å². The summed E-state index contributed by atoms with van der Waals surface area (Å²) in [5, 5.41) is 22.8. The zero-order valence-corrected chi connectivity index (χ0v) is 13.3. The van der Waals surface area contributed by atoms with E-state index in [1.165, 1.54) is 13.2 Å². The Kier molecular flexibility index (Phi) is 5.68. The second-order valence-electron chi connectivity index (χ2n) is 5.84. The molecular weight excluding hydrogens is 317 g/mol. The van der Waals surface area contributed by atoms with Gasteiger partial charge in [-0.15, -0.1) is 0 Å². The minimum Gasteiger partial charge on any atom is -0.469 e. The van der Waals surface area contributed by atoms with Crippen molar-refractivity contribution in [3.63, 3.8) is 0 Å². The molecule has 128 valence electrons. The van der Waals surface area contributed by atoms with Crippen LogP contribution in [0.2, 0.25) is 0 Å². The third kappa shape index (κ3) is 3.98. The molecule has 0 saturated heterocycles. The summed E-state index contributed by atoms with van der Waals surface area (Å²) in [6, 6.07) is 3.91. The Hall–Kier alpha value is -2.69. The van der Waals surface area contributed by atoms with Gasteiger partial charge < -0.3 is 10.1 Å². The van der Waals surface area contributed by atoms with Gasteiger partial charge in [0.1, 0.15) is 5.69 Å². The van der Waals surface area contributed by atoms with Gasteiger partial charge in [0.15, 0.2) is 0 Å². The summed E-state index contributed by atoms with van der Waals surface area (Å²) in [6.45, 7) is 0.420. The molecule has 0 aliphatic heterocycles. The molecule has 24 heavy (non-hydrogen) atoms. The van der Waals surface area contributed by atoms with Gasteiger partial charge in [-0.2, -0.15) is 9.65 Å². The van der Waals surface area contributed by atoms with E-state index >= 15 is 0 Å². The number of nitro benzene ring substituents is 1. The Balaban J connectivity index is 2.02. The minimum atomic E-state index is -1.03. The highest BCUT2D eigenvalue weighted by atomic mass is 19.1. The average Bonchev–Trinajstić information content (AvgIpc) is 2.58. The van der Waals surface area contributed by atoms with Crippen LogP contribution >= 0.6 is 0 Å². The fourth-order valence-corrected chi connectivity index (χ4v) is 3.01. The van der Waals surface area contributed by atoms with Crippen LogP contribution in [0.5, 0.6) is 0 Å². The van der Waals surface area contributed by atoms with E-state index in [0.29, 0.717) is 19.4 Å². The largest absolute Gasteiger partial charge is 0.469 e. The Bertz CT molecular complexity index is 679. The number of nitro groups is 1. The lowest BCUT2D eigenvalue weighted by atomic mass is 9.82. The molecule has 8 heteroatoms. The SMILES string of the molecule is COC(=O)[C@H]1CC[C@H](CNc2cc(C#N)cc(F)c2[N+](=O)[O-])CC1. The summed E-state index contributed by atoms with van der Waals surface area (Å²) in [7, 11) is 1.37. The maximum absolute atomic E-state index is 13.8. The number of nitrogens with one attached hydrogen (secondary N) is 1. The maximum Gasteiger partial charge on any atom is 0.327 e. The second kappa shape index (κ2) is 7.73. The first-order chi connectivity index (χ1) is 11.5. The van der Waals surface area contributed by atoms with Gasteiger partial charge in [-0.3, -0.25) is 14.9 Å². The quantitative estimate of drug-likeness (QED) is 0.504. The zero-order chi connectivity index (χ0) is 17.7. The van der Waals surface area contributed by atoms with Gasteiger partial charge in [0.2, 0.25) is 5.82 Å². The fourth-order valence-electron chi connectivity index (χ4n) is 3.01. The van der Waals surface area contributed by atoms with Crippen LogP contribution in [0.4, 0.5) is 15.8 Å². The van der Waals surface area contributed by atoms with Crippen molar-refractivity contribution in [1.29, 1.82) is 5.26 Å². The Morgan fingerprint density at radius 1 is 1.46 bits per heavy atom. The smallest absolute Gasteiger partial charge is 0.327 e. The third-order valence-electron chi connectivity index (χ3n) is 4.34. The summed E-state index contributed by atoms with van der Waals surface area (Å²) < 4.78 is 18.5. The van der Waals surface area contributed by atoms with E-state index in [-0.39, 0.29) is 29.1 Å². The van der Waals surface area contributed by atoms with Crippen molar-refractivity contribution in [2.24, 2.45) is 11.8 Å². The van der Waals surface area contributed by atoms with Gasteiger partial charge in [0.05, 0.1) is 29.6 Å². The zero-order valence-electron chi connectivity index (χ0n) is 13.3. The predicted octanol–water partition coefficient (Wildman–Crippen LogP) is 3.00. The molecule has 1 N–H and O–H groups in total. The highest BCUT2D eigenvalue weighted by Gasteiger charge is 2.28. The van der Waals surface area contributed by atoms with Gasteiger partial charge in [0.25, 0.3) is 0 Å². The number of carbonyl (C=O) groups excluding carboxylic acids is 1. The van der Waals surface area contributed by atoms with E-state index < -0.39 is 16.4 Å². The first-order valence-electron chi connectivity index (χ1n) is 7.66. The molecule has 1 fully saturated rings. The van der Waals surface area contributed by atoms with Crippen molar-refractivity contribution >= 4 is 17.3 Å². The molecule has 0 heterocycles. The van der Waals surface area contributed by atoms with Crippen LogP contribution in [-0.4, -0.2) is 24.5 Å². The standard InChI is InChI=1S/C16H18FN3O4/c1-24-16(21)12-4-2-10(3-5-12)9-19-14-7-11(8-18)6-13(17)15(14)20(22)23/h6-7,10,12,19H,2-5,9H2,1H3/t10-,12-. The van der Waals surface area contributed by atoms with E-state index in [0.717, 1.165) is 18.9 Å². The monoisotopic (exact) mass is 335 g/mol. The molecule has 0 bridgehead atoms. The van der Waals surface area contributed by atoms with Gasteiger partial charge in [0, 0.05) is 6.54 Å². The number of hydrogen-bond donors (Lipinski definition) is 1. The van der Waals surface area contributed by atoms with Crippen LogP contribution in [0.1, 0.15) is 31.2 Å². The number of nitriles is 1. The molecule has 0 unspecified atom stereocenters. The number of hydrogen-bond acceptors (Lipinski definition) is 6. The van der Waals surface area contributed by atoms with E-state index in [9.17, 15) is 19.3 Å². The molecule has 2 rings (SSSR count). The number of halogens is 1. The van der Waals surface area contributed by atoms with E-state index in [4.69, 9.17) is 10.00 Å². The minimum absolute atomic E-state index is 0.00615. The Labute approximate surface area is 138 Å². The van der Waals surface area contributed by atoms with Crippen molar-refractivity contribution in [1.82, 2.24) is 0 Å². The van der Waals surface area contributed by atoms with Crippen molar-refractivity contribution in [2.45, 2.75) is 25.7 Å². The normalized spacial score (nSPS) is 20.0. The lowest BCUT2D eigenvalue weighted by Gasteiger charge is -2.27. The van der Waals surface area contributed by atoms with Crippen LogP contribution in [0.3, 0.4) is 0 Å². The fraction of sp³-hybridized carbons (Fsp3) is 0.500. The van der Waals surface area contributed by atoms with Crippen LogP contribution in [0, 0.1) is 39.1 Å². The van der Waals surface area contributed by atoms with Crippen LogP contribution in [0.25, 0.3) is 0 Å². The molecule has 1 aliphatic carbocycles. The molecule has 0 amide bonds. The highest BCUT2D eigenvalue weighted by Crippen LogP contribution is 2.32. The van der Waals surface area contributed by atoms with Gasteiger partial charge in [-0.05, 0) is 43.7 Å². The molecular formula is C16H18FN3O4. The van der Waals surface area contributed by atoms with Crippen LogP contribution in [-0.2, 0) is 9.53 Å². The lowest BCUT2D eigenvalue weighted by Crippen LogP contribution is -2.26. The van der Waals surface area contributed by atoms with Gasteiger partial charge >= 0.3 is 11.7 Å². The molecule has 7 nitrogen and oxygen atoms in total. The second-order valence-corrected chi connectivity index (χ2v) is 5.84. The highest BCUT2D eigenvalue weighted by molar-refractivity contribution is 5.72. The number of ether oxygens (including phenoxy) is 1. The average molecular weight is 335 g/mol. The lowest BCUT2D eigenvalue weighted by molar-refractivity contribution is -0.386. The molecule has 1 saturated carbocycles. The number of nitrogens with zero attached hydrogens (tertiary/aromatic N) is 2. The van der Waals surface area contributed by atoms with E-state index in [1.807, 2.05) is 0 Å². The topological polar surface area (TPSA) is 105 Å². The Morgan fingerprint density at radius 3 is 2.67 bits per heavy atom. The van der Waals surface area contributed by atoms with Crippen molar-refractivity contribution in [3.05, 3.63) is 33.6 Å². The number of rotatable bonds is 5. The third-order valence-corrected chi connectivity index (χ3v) is 4.34. The summed E-state index contributed by atoms with van der Waals surface area (Å²) in [4.78, 5) is 21.7. The molecule has 1 aromatic carbocycles. The molecule has 1 aliphatic rings. The molecule has 0 radical (unpaired) electrons. The number of carbonyl (C=O) groups is 1.